The highest BCUT2D eigenvalue weighted by molar-refractivity contribution is 5.93. The fourth-order valence-corrected chi connectivity index (χ4v) is 1.98. The van der Waals surface area contributed by atoms with Crippen LogP contribution in [0.25, 0.3) is 0 Å². The number of anilines is 1. The Kier molecular flexibility index (Phi) is 4.19. The van der Waals surface area contributed by atoms with Crippen LogP contribution in [0.1, 0.15) is 27.0 Å². The minimum Gasteiger partial charge on any atom is -0.381 e. The lowest BCUT2D eigenvalue weighted by molar-refractivity contribution is 0.1000. The molecule has 0 unspecified atom stereocenters. The van der Waals surface area contributed by atoms with Crippen LogP contribution in [0.5, 0.6) is 0 Å². The quantitative estimate of drug-likeness (QED) is 0.905. The SMILES string of the molecule is Cc1cc(C(N)=O)ccc1NCc1ccc(F)c(C#N)c1. The van der Waals surface area contributed by atoms with E-state index in [0.717, 1.165) is 16.8 Å². The molecular formula is C16H14FN3O. The molecule has 2 rings (SSSR count). The molecule has 0 aliphatic rings. The molecule has 0 saturated carbocycles. The number of primary amides is 1. The first-order chi connectivity index (χ1) is 10.0. The molecule has 0 aromatic heterocycles. The second-order valence-corrected chi connectivity index (χ2v) is 4.67. The maximum absolute atomic E-state index is 13.2. The maximum Gasteiger partial charge on any atom is 0.248 e. The van der Waals surface area contributed by atoms with Crippen molar-refractivity contribution >= 4 is 11.6 Å². The minimum absolute atomic E-state index is 0.0232. The Labute approximate surface area is 122 Å². The molecule has 0 fully saturated rings. The van der Waals surface area contributed by atoms with Crippen LogP contribution in [0.2, 0.25) is 0 Å². The van der Waals surface area contributed by atoms with Gasteiger partial charge in [-0.05, 0) is 48.4 Å². The van der Waals surface area contributed by atoms with E-state index in [4.69, 9.17) is 11.0 Å². The number of aryl methyl sites for hydroxylation is 1. The van der Waals surface area contributed by atoms with Gasteiger partial charge in [-0.15, -0.1) is 0 Å². The number of rotatable bonds is 4. The van der Waals surface area contributed by atoms with Crippen molar-refractivity contribution in [2.24, 2.45) is 5.73 Å². The van der Waals surface area contributed by atoms with Crippen LogP contribution in [0.15, 0.2) is 36.4 Å². The average Bonchev–Trinajstić information content (AvgIpc) is 2.47. The molecule has 0 radical (unpaired) electrons. The second-order valence-electron chi connectivity index (χ2n) is 4.67. The van der Waals surface area contributed by atoms with Gasteiger partial charge in [-0.3, -0.25) is 4.79 Å². The number of nitrogens with one attached hydrogen (secondary N) is 1. The van der Waals surface area contributed by atoms with E-state index in [-0.39, 0.29) is 5.56 Å². The summed E-state index contributed by atoms with van der Waals surface area (Å²) in [6.07, 6.45) is 0. The molecule has 5 heteroatoms. The van der Waals surface area contributed by atoms with Crippen LogP contribution in [-0.4, -0.2) is 5.91 Å². The molecule has 3 N–H and O–H groups in total. The summed E-state index contributed by atoms with van der Waals surface area (Å²) >= 11 is 0. The van der Waals surface area contributed by atoms with Crippen LogP contribution in [0.4, 0.5) is 10.1 Å². The van der Waals surface area contributed by atoms with Gasteiger partial charge in [0.1, 0.15) is 11.9 Å². The number of nitriles is 1. The zero-order chi connectivity index (χ0) is 15.4. The van der Waals surface area contributed by atoms with E-state index in [0.29, 0.717) is 12.1 Å². The fourth-order valence-electron chi connectivity index (χ4n) is 1.98. The number of carbonyl (C=O) groups excluding carboxylic acids is 1. The van der Waals surface area contributed by atoms with Gasteiger partial charge in [-0.25, -0.2) is 4.39 Å². The summed E-state index contributed by atoms with van der Waals surface area (Å²) in [6, 6.07) is 11.3. The third-order valence-electron chi connectivity index (χ3n) is 3.15. The van der Waals surface area contributed by atoms with Gasteiger partial charge in [-0.2, -0.15) is 5.26 Å². The van der Waals surface area contributed by atoms with Gasteiger partial charge in [0, 0.05) is 17.8 Å². The topological polar surface area (TPSA) is 78.9 Å². The zero-order valence-corrected chi connectivity index (χ0v) is 11.5. The lowest BCUT2D eigenvalue weighted by atomic mass is 10.1. The molecule has 2 aromatic carbocycles. The number of halogens is 1. The average molecular weight is 283 g/mol. The fraction of sp³-hybridized carbons (Fsp3) is 0.125. The predicted molar refractivity (Wildman–Crippen MR) is 78.1 cm³/mol. The van der Waals surface area contributed by atoms with Gasteiger partial charge >= 0.3 is 0 Å². The lowest BCUT2D eigenvalue weighted by Gasteiger charge is -2.11. The summed E-state index contributed by atoms with van der Waals surface area (Å²) in [5, 5.41) is 12.0. The third-order valence-corrected chi connectivity index (χ3v) is 3.15. The Morgan fingerprint density at radius 1 is 1.33 bits per heavy atom. The molecule has 1 amide bonds. The van der Waals surface area contributed by atoms with Gasteiger partial charge in [0.25, 0.3) is 0 Å². The normalized spacial score (nSPS) is 9.95. The van der Waals surface area contributed by atoms with Crippen molar-refractivity contribution in [3.8, 4) is 6.07 Å². The van der Waals surface area contributed by atoms with E-state index in [2.05, 4.69) is 5.32 Å². The lowest BCUT2D eigenvalue weighted by Crippen LogP contribution is -2.11. The van der Waals surface area contributed by atoms with Crippen LogP contribution >= 0.6 is 0 Å². The zero-order valence-electron chi connectivity index (χ0n) is 11.5. The predicted octanol–water partition coefficient (Wildman–Crippen LogP) is 2.72. The second kappa shape index (κ2) is 6.06. The van der Waals surface area contributed by atoms with Crippen LogP contribution in [0.3, 0.4) is 0 Å². The Hall–Kier alpha value is -2.87. The Morgan fingerprint density at radius 2 is 2.10 bits per heavy atom. The van der Waals surface area contributed by atoms with E-state index < -0.39 is 11.7 Å². The van der Waals surface area contributed by atoms with Crippen molar-refractivity contribution in [3.05, 3.63) is 64.5 Å². The number of amides is 1. The number of benzene rings is 2. The third kappa shape index (κ3) is 3.37. The van der Waals surface area contributed by atoms with Crippen molar-refractivity contribution in [1.82, 2.24) is 0 Å². The first-order valence-corrected chi connectivity index (χ1v) is 6.34. The van der Waals surface area contributed by atoms with Crippen molar-refractivity contribution in [2.75, 3.05) is 5.32 Å². The highest BCUT2D eigenvalue weighted by atomic mass is 19.1. The molecule has 0 saturated heterocycles. The molecule has 0 atom stereocenters. The van der Waals surface area contributed by atoms with Crippen molar-refractivity contribution in [1.29, 1.82) is 5.26 Å². The van der Waals surface area contributed by atoms with E-state index in [1.807, 2.05) is 13.0 Å². The molecule has 21 heavy (non-hydrogen) atoms. The smallest absolute Gasteiger partial charge is 0.248 e. The van der Waals surface area contributed by atoms with E-state index in [9.17, 15) is 9.18 Å². The first kappa shape index (κ1) is 14.5. The van der Waals surface area contributed by atoms with E-state index >= 15 is 0 Å². The molecule has 4 nitrogen and oxygen atoms in total. The van der Waals surface area contributed by atoms with Crippen LogP contribution < -0.4 is 11.1 Å². The van der Waals surface area contributed by atoms with Crippen LogP contribution in [-0.2, 0) is 6.54 Å². The Bertz CT molecular complexity index is 735. The summed E-state index contributed by atoms with van der Waals surface area (Å²) in [4.78, 5) is 11.1. The Morgan fingerprint density at radius 3 is 2.71 bits per heavy atom. The van der Waals surface area contributed by atoms with Gasteiger partial charge in [0.15, 0.2) is 0 Å². The minimum atomic E-state index is -0.525. The molecular weight excluding hydrogens is 269 g/mol. The molecule has 0 aliphatic heterocycles. The number of nitrogens with zero attached hydrogens (tertiary/aromatic N) is 1. The van der Waals surface area contributed by atoms with Gasteiger partial charge in [0.2, 0.25) is 5.91 Å². The molecule has 106 valence electrons. The highest BCUT2D eigenvalue weighted by Gasteiger charge is 2.06. The Balaban J connectivity index is 2.13. The molecule has 0 spiro atoms. The largest absolute Gasteiger partial charge is 0.381 e. The van der Waals surface area contributed by atoms with E-state index in [1.54, 1.807) is 24.3 Å². The van der Waals surface area contributed by atoms with Crippen molar-refractivity contribution in [3.63, 3.8) is 0 Å². The van der Waals surface area contributed by atoms with Crippen molar-refractivity contribution in [2.45, 2.75) is 13.5 Å². The number of nitrogens with two attached hydrogens (primary N) is 1. The van der Waals surface area contributed by atoms with Crippen LogP contribution in [0, 0.1) is 24.1 Å². The monoisotopic (exact) mass is 283 g/mol. The van der Waals surface area contributed by atoms with Crippen molar-refractivity contribution < 1.29 is 9.18 Å². The molecule has 0 aliphatic carbocycles. The summed E-state index contributed by atoms with van der Waals surface area (Å²) in [7, 11) is 0. The van der Waals surface area contributed by atoms with Gasteiger partial charge in [-0.1, -0.05) is 6.07 Å². The molecule has 0 bridgehead atoms. The van der Waals surface area contributed by atoms with Gasteiger partial charge < -0.3 is 11.1 Å². The first-order valence-electron chi connectivity index (χ1n) is 6.34. The van der Waals surface area contributed by atoms with E-state index in [1.165, 1.54) is 12.1 Å². The maximum atomic E-state index is 13.2. The summed E-state index contributed by atoms with van der Waals surface area (Å²) in [5.41, 5.74) is 8.22. The summed E-state index contributed by atoms with van der Waals surface area (Å²) in [6.45, 7) is 2.31. The number of carbonyl (C=O) groups is 1. The molecule has 0 heterocycles. The van der Waals surface area contributed by atoms with Gasteiger partial charge in [0.05, 0.1) is 5.56 Å². The standard InChI is InChI=1S/C16H14FN3O/c1-10-6-12(16(19)21)3-5-15(10)20-9-11-2-4-14(17)13(7-11)8-18/h2-7,20H,9H2,1H3,(H2,19,21). The molecule has 2 aromatic rings. The highest BCUT2D eigenvalue weighted by Crippen LogP contribution is 2.18. The number of hydrogen-bond donors (Lipinski definition) is 2. The number of hydrogen-bond acceptors (Lipinski definition) is 3. The summed E-state index contributed by atoms with van der Waals surface area (Å²) < 4.78 is 13.2. The summed E-state index contributed by atoms with van der Waals surface area (Å²) in [5.74, 6) is -0.995.